The van der Waals surface area contributed by atoms with E-state index in [-0.39, 0.29) is 5.43 Å². The summed E-state index contributed by atoms with van der Waals surface area (Å²) < 4.78 is 0.741. The Morgan fingerprint density at radius 1 is 1.07 bits per heavy atom. The van der Waals surface area contributed by atoms with Crippen molar-refractivity contribution in [2.45, 2.75) is 0 Å². The van der Waals surface area contributed by atoms with Crippen LogP contribution in [0, 0.1) is 0 Å². The minimum atomic E-state index is -0.0342. The molecule has 0 saturated carbocycles. The molecule has 0 atom stereocenters. The van der Waals surface area contributed by atoms with Gasteiger partial charge in [-0.15, -0.1) is 11.3 Å². The molecule has 0 aliphatic rings. The molecule has 2 heterocycles. The fourth-order valence-electron chi connectivity index (χ4n) is 1.56. The maximum atomic E-state index is 12.1. The maximum absolute atomic E-state index is 12.1. The second kappa shape index (κ2) is 3.10. The predicted molar refractivity (Wildman–Crippen MR) is 61.2 cm³/mol. The number of hydrogen-bond donors (Lipinski definition) is 0. The van der Waals surface area contributed by atoms with E-state index < -0.39 is 0 Å². The van der Waals surface area contributed by atoms with E-state index in [0.717, 1.165) is 10.1 Å². The first kappa shape index (κ1) is 8.49. The summed E-state index contributed by atoms with van der Waals surface area (Å²) in [4.78, 5) is 20.3. The van der Waals surface area contributed by atoms with Crippen LogP contribution in [0.5, 0.6) is 0 Å². The van der Waals surface area contributed by atoms with E-state index in [1.807, 2.05) is 23.6 Å². The number of fused-ring (bicyclic) bond motifs is 2. The summed E-state index contributed by atoms with van der Waals surface area (Å²) in [6.45, 7) is 0. The van der Waals surface area contributed by atoms with Gasteiger partial charge in [-0.25, -0.2) is 4.98 Å². The molecule has 3 rings (SSSR count). The smallest absolute Gasteiger partial charge is 0.224 e. The Morgan fingerprint density at radius 2 is 1.93 bits per heavy atom. The lowest BCUT2D eigenvalue weighted by molar-refractivity contribution is 1.29. The predicted octanol–water partition coefficient (Wildman–Crippen LogP) is 2.20. The average Bonchev–Trinajstić information content (AvgIpc) is 2.69. The van der Waals surface area contributed by atoms with Crippen molar-refractivity contribution in [3.8, 4) is 0 Å². The minimum Gasteiger partial charge on any atom is -0.286 e. The molecule has 1 aromatic carbocycles. The molecular formula is C11H6N2OS. The van der Waals surface area contributed by atoms with Gasteiger partial charge in [-0.2, -0.15) is 0 Å². The number of nitrogens with zero attached hydrogens (tertiary/aromatic N) is 2. The Kier molecular flexibility index (Phi) is 1.76. The quantitative estimate of drug-likeness (QED) is 0.576. The van der Waals surface area contributed by atoms with Crippen molar-refractivity contribution in [3.63, 3.8) is 0 Å². The van der Waals surface area contributed by atoms with Crippen LogP contribution in [0.2, 0.25) is 0 Å². The van der Waals surface area contributed by atoms with Crippen molar-refractivity contribution in [1.82, 2.24) is 9.97 Å². The molecule has 0 fully saturated rings. The molecule has 0 saturated heterocycles. The molecule has 0 amide bonds. The first-order valence-corrected chi connectivity index (χ1v) is 5.35. The fourth-order valence-corrected chi connectivity index (χ4v) is 2.38. The Morgan fingerprint density at radius 3 is 2.87 bits per heavy atom. The van der Waals surface area contributed by atoms with Crippen LogP contribution < -0.4 is 5.43 Å². The highest BCUT2D eigenvalue weighted by atomic mass is 32.1. The zero-order valence-corrected chi connectivity index (χ0v) is 8.49. The van der Waals surface area contributed by atoms with E-state index in [4.69, 9.17) is 0 Å². The lowest BCUT2D eigenvalue weighted by Gasteiger charge is -1.86. The first-order chi connectivity index (χ1) is 7.36. The normalized spacial score (nSPS) is 10.9. The van der Waals surface area contributed by atoms with Crippen molar-refractivity contribution in [1.29, 1.82) is 0 Å². The third-order valence-corrected chi connectivity index (χ3v) is 3.19. The summed E-state index contributed by atoms with van der Waals surface area (Å²) in [6.07, 6.45) is 3.14. The van der Waals surface area contributed by atoms with Crippen LogP contribution in [0.1, 0.15) is 0 Å². The highest BCUT2D eigenvalue weighted by Gasteiger charge is 2.03. The average molecular weight is 214 g/mol. The number of aromatic nitrogens is 2. The van der Waals surface area contributed by atoms with Gasteiger partial charge in [0.05, 0.1) is 10.2 Å². The van der Waals surface area contributed by atoms with E-state index in [0.29, 0.717) is 11.0 Å². The Balaban J connectivity index is 2.71. The van der Waals surface area contributed by atoms with Crippen LogP contribution in [0.3, 0.4) is 0 Å². The summed E-state index contributed by atoms with van der Waals surface area (Å²) in [5.41, 5.74) is 1.05. The van der Waals surface area contributed by atoms with Gasteiger partial charge in [-0.1, -0.05) is 6.07 Å². The summed E-state index contributed by atoms with van der Waals surface area (Å²) in [5, 5.41) is 2.86. The van der Waals surface area contributed by atoms with Crippen LogP contribution in [0.4, 0.5) is 0 Å². The van der Waals surface area contributed by atoms with Crippen LogP contribution in [0.25, 0.3) is 21.1 Å². The molecule has 3 aromatic rings. The van der Waals surface area contributed by atoms with Gasteiger partial charge in [-0.05, 0) is 22.9 Å². The second-order valence-electron chi connectivity index (χ2n) is 3.16. The largest absolute Gasteiger partial charge is 0.286 e. The van der Waals surface area contributed by atoms with Crippen LogP contribution in [0.15, 0.2) is 40.8 Å². The van der Waals surface area contributed by atoms with E-state index >= 15 is 0 Å². The fraction of sp³-hybridized carbons (Fsp3) is 0. The Bertz CT molecular complexity index is 705. The molecule has 72 valence electrons. The van der Waals surface area contributed by atoms with Crippen molar-refractivity contribution in [2.75, 3.05) is 0 Å². The molecule has 2 aromatic heterocycles. The highest BCUT2D eigenvalue weighted by molar-refractivity contribution is 7.17. The van der Waals surface area contributed by atoms with Gasteiger partial charge >= 0.3 is 0 Å². The molecule has 0 unspecified atom stereocenters. The number of thiophene rings is 1. The van der Waals surface area contributed by atoms with Crippen molar-refractivity contribution in [3.05, 3.63) is 46.2 Å². The molecule has 0 N–H and O–H groups in total. The Labute approximate surface area is 89.0 Å². The summed E-state index contributed by atoms with van der Waals surface area (Å²) in [5.74, 6) is 0. The molecule has 0 bridgehead atoms. The monoisotopic (exact) mass is 214 g/mol. The number of hydrogen-bond acceptors (Lipinski definition) is 4. The van der Waals surface area contributed by atoms with Gasteiger partial charge in [0.25, 0.3) is 0 Å². The molecule has 15 heavy (non-hydrogen) atoms. The van der Waals surface area contributed by atoms with Crippen molar-refractivity contribution in [2.24, 2.45) is 0 Å². The zero-order chi connectivity index (χ0) is 10.3. The standard InChI is InChI=1S/C11H6N2OS/c14-10-9-8(12-4-5-13-9)2-1-7-3-6-15-11(7)10/h1-6H. The molecule has 3 nitrogen and oxygen atoms in total. The van der Waals surface area contributed by atoms with E-state index in [1.54, 1.807) is 12.4 Å². The van der Waals surface area contributed by atoms with Crippen molar-refractivity contribution >= 4 is 32.5 Å². The maximum Gasteiger partial charge on any atom is 0.224 e. The van der Waals surface area contributed by atoms with Gasteiger partial charge in [0.2, 0.25) is 5.43 Å². The van der Waals surface area contributed by atoms with Gasteiger partial charge in [-0.3, -0.25) is 9.78 Å². The molecular weight excluding hydrogens is 208 g/mol. The number of rotatable bonds is 0. The van der Waals surface area contributed by atoms with Gasteiger partial charge in [0.1, 0.15) is 5.52 Å². The SMILES string of the molecule is O=c1c2nccnc2ccc2ccsc12. The van der Waals surface area contributed by atoms with E-state index in [9.17, 15) is 4.79 Å². The third-order valence-electron chi connectivity index (χ3n) is 2.26. The molecule has 0 aliphatic carbocycles. The Hall–Kier alpha value is -1.81. The molecule has 4 heteroatoms. The van der Waals surface area contributed by atoms with Crippen LogP contribution >= 0.6 is 11.3 Å². The van der Waals surface area contributed by atoms with Gasteiger partial charge in [0, 0.05) is 12.4 Å². The van der Waals surface area contributed by atoms with E-state index in [2.05, 4.69) is 9.97 Å². The highest BCUT2D eigenvalue weighted by Crippen LogP contribution is 2.17. The van der Waals surface area contributed by atoms with Gasteiger partial charge in [0.15, 0.2) is 0 Å². The topological polar surface area (TPSA) is 42.9 Å². The van der Waals surface area contributed by atoms with Crippen molar-refractivity contribution < 1.29 is 0 Å². The molecule has 0 aliphatic heterocycles. The summed E-state index contributed by atoms with van der Waals surface area (Å²) in [7, 11) is 0. The summed E-state index contributed by atoms with van der Waals surface area (Å²) >= 11 is 1.44. The lowest BCUT2D eigenvalue weighted by Crippen LogP contribution is -1.98. The zero-order valence-electron chi connectivity index (χ0n) is 7.68. The molecule has 0 spiro atoms. The molecule has 0 radical (unpaired) electrons. The van der Waals surface area contributed by atoms with Crippen LogP contribution in [-0.4, -0.2) is 9.97 Å². The summed E-state index contributed by atoms with van der Waals surface area (Å²) in [6, 6.07) is 5.67. The van der Waals surface area contributed by atoms with Gasteiger partial charge < -0.3 is 0 Å². The lowest BCUT2D eigenvalue weighted by atomic mass is 10.3. The van der Waals surface area contributed by atoms with E-state index in [1.165, 1.54) is 11.3 Å². The van der Waals surface area contributed by atoms with Crippen LogP contribution in [-0.2, 0) is 0 Å². The first-order valence-electron chi connectivity index (χ1n) is 4.47. The second-order valence-corrected chi connectivity index (χ2v) is 4.07. The third kappa shape index (κ3) is 1.22. The minimum absolute atomic E-state index is 0.0342.